The summed E-state index contributed by atoms with van der Waals surface area (Å²) in [7, 11) is 0. The fraction of sp³-hybridized carbons (Fsp3) is 0.714. The summed E-state index contributed by atoms with van der Waals surface area (Å²) in [5.74, 6) is 0.799. The SMILES string of the molecule is CCn1ccnc1C1CNCC1C(=O)OC(C)(C)C. The molecule has 2 rings (SSSR count). The van der Waals surface area contributed by atoms with Crippen molar-refractivity contribution in [3.05, 3.63) is 18.2 Å². The Labute approximate surface area is 114 Å². The lowest BCUT2D eigenvalue weighted by Crippen LogP contribution is -2.32. The molecule has 1 aliphatic heterocycles. The van der Waals surface area contributed by atoms with Gasteiger partial charge in [-0.3, -0.25) is 4.79 Å². The summed E-state index contributed by atoms with van der Waals surface area (Å²) in [5, 5.41) is 3.27. The maximum absolute atomic E-state index is 12.3. The molecule has 0 saturated carbocycles. The molecule has 1 aliphatic rings. The van der Waals surface area contributed by atoms with Gasteiger partial charge in [-0.25, -0.2) is 4.98 Å². The first-order valence-electron chi connectivity index (χ1n) is 6.87. The van der Waals surface area contributed by atoms with Crippen LogP contribution in [0.3, 0.4) is 0 Å². The summed E-state index contributed by atoms with van der Waals surface area (Å²) < 4.78 is 7.60. The summed E-state index contributed by atoms with van der Waals surface area (Å²) in [4.78, 5) is 16.7. The van der Waals surface area contributed by atoms with Crippen molar-refractivity contribution in [2.24, 2.45) is 5.92 Å². The van der Waals surface area contributed by atoms with Crippen molar-refractivity contribution < 1.29 is 9.53 Å². The van der Waals surface area contributed by atoms with Crippen molar-refractivity contribution in [3.8, 4) is 0 Å². The van der Waals surface area contributed by atoms with E-state index in [0.717, 1.165) is 18.9 Å². The number of nitrogens with zero attached hydrogens (tertiary/aromatic N) is 2. The number of hydrogen-bond acceptors (Lipinski definition) is 4. The zero-order valence-electron chi connectivity index (χ0n) is 12.1. The predicted octanol–water partition coefficient (Wildman–Crippen LogP) is 1.55. The van der Waals surface area contributed by atoms with E-state index in [0.29, 0.717) is 6.54 Å². The van der Waals surface area contributed by atoms with Gasteiger partial charge in [-0.15, -0.1) is 0 Å². The first-order valence-corrected chi connectivity index (χ1v) is 6.87. The van der Waals surface area contributed by atoms with E-state index < -0.39 is 5.60 Å². The summed E-state index contributed by atoms with van der Waals surface area (Å²) in [6.45, 7) is 10.1. The van der Waals surface area contributed by atoms with Gasteiger partial charge in [0.05, 0.1) is 5.92 Å². The molecule has 0 radical (unpaired) electrons. The molecule has 19 heavy (non-hydrogen) atoms. The van der Waals surface area contributed by atoms with E-state index in [4.69, 9.17) is 4.74 Å². The van der Waals surface area contributed by atoms with Crippen LogP contribution in [0.2, 0.25) is 0 Å². The topological polar surface area (TPSA) is 56.2 Å². The van der Waals surface area contributed by atoms with Crippen molar-refractivity contribution in [3.63, 3.8) is 0 Å². The van der Waals surface area contributed by atoms with Crippen LogP contribution in [0.5, 0.6) is 0 Å². The Balaban J connectivity index is 2.15. The zero-order chi connectivity index (χ0) is 14.0. The maximum Gasteiger partial charge on any atom is 0.311 e. The molecule has 2 atom stereocenters. The number of aromatic nitrogens is 2. The minimum atomic E-state index is -0.440. The van der Waals surface area contributed by atoms with E-state index in [1.165, 1.54) is 0 Å². The first-order chi connectivity index (χ1) is 8.92. The highest BCUT2D eigenvalue weighted by atomic mass is 16.6. The molecule has 1 aromatic rings. The average Bonchev–Trinajstić information content (AvgIpc) is 2.94. The van der Waals surface area contributed by atoms with E-state index in [1.807, 2.05) is 27.0 Å². The molecular formula is C14H23N3O2. The number of hydrogen-bond donors (Lipinski definition) is 1. The number of aryl methyl sites for hydroxylation is 1. The highest BCUT2D eigenvalue weighted by Gasteiger charge is 2.38. The van der Waals surface area contributed by atoms with Gasteiger partial charge in [0.15, 0.2) is 0 Å². The van der Waals surface area contributed by atoms with E-state index in [9.17, 15) is 4.79 Å². The van der Waals surface area contributed by atoms with Gasteiger partial charge in [0.2, 0.25) is 0 Å². The third kappa shape index (κ3) is 3.15. The van der Waals surface area contributed by atoms with Gasteiger partial charge in [-0.05, 0) is 27.7 Å². The van der Waals surface area contributed by atoms with Crippen molar-refractivity contribution >= 4 is 5.97 Å². The molecule has 1 fully saturated rings. The van der Waals surface area contributed by atoms with Crippen LogP contribution in [-0.4, -0.2) is 34.2 Å². The van der Waals surface area contributed by atoms with Crippen LogP contribution < -0.4 is 5.32 Å². The van der Waals surface area contributed by atoms with Crippen LogP contribution in [0, 0.1) is 5.92 Å². The molecule has 0 spiro atoms. The quantitative estimate of drug-likeness (QED) is 0.842. The molecule has 0 bridgehead atoms. The van der Waals surface area contributed by atoms with Gasteiger partial charge in [-0.1, -0.05) is 0 Å². The molecule has 0 amide bonds. The fourth-order valence-electron chi connectivity index (χ4n) is 2.49. The molecule has 1 saturated heterocycles. The molecular weight excluding hydrogens is 242 g/mol. The Bertz CT molecular complexity index is 448. The summed E-state index contributed by atoms with van der Waals surface area (Å²) in [6, 6.07) is 0. The Kier molecular flexibility index (Phi) is 3.94. The largest absolute Gasteiger partial charge is 0.460 e. The minimum Gasteiger partial charge on any atom is -0.460 e. The second-order valence-electron chi connectivity index (χ2n) is 5.98. The number of esters is 1. The monoisotopic (exact) mass is 265 g/mol. The predicted molar refractivity (Wildman–Crippen MR) is 72.8 cm³/mol. The Hall–Kier alpha value is -1.36. The van der Waals surface area contributed by atoms with E-state index in [1.54, 1.807) is 6.20 Å². The van der Waals surface area contributed by atoms with Crippen molar-refractivity contribution in [2.75, 3.05) is 13.1 Å². The average molecular weight is 265 g/mol. The third-order valence-electron chi connectivity index (χ3n) is 3.34. The molecule has 2 heterocycles. The number of carbonyl (C=O) groups excluding carboxylic acids is 1. The molecule has 1 aromatic heterocycles. The number of nitrogens with one attached hydrogen (secondary N) is 1. The summed E-state index contributed by atoms with van der Waals surface area (Å²) in [6.07, 6.45) is 3.75. The van der Waals surface area contributed by atoms with Crippen LogP contribution in [0.1, 0.15) is 39.4 Å². The maximum atomic E-state index is 12.3. The number of ether oxygens (including phenoxy) is 1. The third-order valence-corrected chi connectivity index (χ3v) is 3.34. The summed E-state index contributed by atoms with van der Waals surface area (Å²) >= 11 is 0. The van der Waals surface area contributed by atoms with Crippen LogP contribution in [-0.2, 0) is 16.1 Å². The zero-order valence-corrected chi connectivity index (χ0v) is 12.1. The van der Waals surface area contributed by atoms with Crippen LogP contribution in [0.15, 0.2) is 12.4 Å². The highest BCUT2D eigenvalue weighted by Crippen LogP contribution is 2.29. The van der Waals surface area contributed by atoms with Gasteiger partial charge < -0.3 is 14.6 Å². The van der Waals surface area contributed by atoms with Gasteiger partial charge in [0.1, 0.15) is 11.4 Å². The van der Waals surface area contributed by atoms with Crippen LogP contribution in [0.4, 0.5) is 0 Å². The van der Waals surface area contributed by atoms with Gasteiger partial charge in [0, 0.05) is 37.9 Å². The lowest BCUT2D eigenvalue weighted by molar-refractivity contribution is -0.159. The second kappa shape index (κ2) is 5.33. The first kappa shape index (κ1) is 14.1. The number of rotatable bonds is 3. The Morgan fingerprint density at radius 2 is 2.26 bits per heavy atom. The van der Waals surface area contributed by atoms with Crippen molar-refractivity contribution in [1.82, 2.24) is 14.9 Å². The number of imidazole rings is 1. The molecule has 5 nitrogen and oxygen atoms in total. The van der Waals surface area contributed by atoms with Gasteiger partial charge >= 0.3 is 5.97 Å². The number of carbonyl (C=O) groups is 1. The lowest BCUT2D eigenvalue weighted by Gasteiger charge is -2.24. The van der Waals surface area contributed by atoms with E-state index >= 15 is 0 Å². The second-order valence-corrected chi connectivity index (χ2v) is 5.98. The molecule has 106 valence electrons. The minimum absolute atomic E-state index is 0.102. The van der Waals surface area contributed by atoms with Gasteiger partial charge in [0.25, 0.3) is 0 Å². The smallest absolute Gasteiger partial charge is 0.311 e. The standard InChI is InChI=1S/C14H23N3O2/c1-5-17-7-6-16-12(17)10-8-15-9-11(10)13(18)19-14(2,3)4/h6-7,10-11,15H,5,8-9H2,1-4H3. The summed E-state index contributed by atoms with van der Waals surface area (Å²) in [5.41, 5.74) is -0.440. The van der Waals surface area contributed by atoms with E-state index in [-0.39, 0.29) is 17.8 Å². The van der Waals surface area contributed by atoms with Crippen molar-refractivity contribution in [1.29, 1.82) is 0 Å². The van der Waals surface area contributed by atoms with Gasteiger partial charge in [-0.2, -0.15) is 0 Å². The highest BCUT2D eigenvalue weighted by molar-refractivity contribution is 5.74. The fourth-order valence-corrected chi connectivity index (χ4v) is 2.49. The van der Waals surface area contributed by atoms with Crippen LogP contribution >= 0.6 is 0 Å². The van der Waals surface area contributed by atoms with Crippen molar-refractivity contribution in [2.45, 2.75) is 45.8 Å². The Morgan fingerprint density at radius 3 is 2.89 bits per heavy atom. The lowest BCUT2D eigenvalue weighted by atomic mass is 9.95. The Morgan fingerprint density at radius 1 is 1.53 bits per heavy atom. The normalized spacial score (nSPS) is 23.6. The van der Waals surface area contributed by atoms with E-state index in [2.05, 4.69) is 21.8 Å². The molecule has 0 aliphatic carbocycles. The molecule has 1 N–H and O–H groups in total. The molecule has 5 heteroatoms. The molecule has 0 aromatic carbocycles. The molecule has 2 unspecified atom stereocenters. The van der Waals surface area contributed by atoms with Crippen LogP contribution in [0.25, 0.3) is 0 Å².